The van der Waals surface area contributed by atoms with Gasteiger partial charge in [-0.1, -0.05) is 18.2 Å². The molecule has 1 amide bonds. The molecule has 7 nitrogen and oxygen atoms in total. The summed E-state index contributed by atoms with van der Waals surface area (Å²) in [6.07, 6.45) is 3.23. The Kier molecular flexibility index (Phi) is 8.47. The van der Waals surface area contributed by atoms with Crippen LogP contribution in [0.4, 0.5) is 5.69 Å². The third-order valence-electron chi connectivity index (χ3n) is 3.80. The Bertz CT molecular complexity index is 881. The van der Waals surface area contributed by atoms with Crippen molar-refractivity contribution in [2.45, 2.75) is 13.1 Å². The number of nitrogens with one attached hydrogen (secondary N) is 3. The number of hydrogen-bond donors (Lipinski definition) is 3. The summed E-state index contributed by atoms with van der Waals surface area (Å²) in [5, 5.41) is 9.26. The van der Waals surface area contributed by atoms with Gasteiger partial charge in [-0.25, -0.2) is 0 Å². The molecule has 2 aromatic heterocycles. The summed E-state index contributed by atoms with van der Waals surface area (Å²) in [7, 11) is 1.72. The Labute approximate surface area is 180 Å². The average molecular weight is 491 g/mol. The number of guanidine groups is 1. The van der Waals surface area contributed by atoms with Crippen LogP contribution < -0.4 is 16.0 Å². The molecule has 0 spiro atoms. The van der Waals surface area contributed by atoms with Crippen LogP contribution in [0.1, 0.15) is 21.8 Å². The maximum Gasteiger partial charge on any atom is 0.291 e. The second kappa shape index (κ2) is 11.1. The number of halogens is 1. The van der Waals surface area contributed by atoms with Crippen molar-refractivity contribution in [3.05, 3.63) is 84.1 Å². The predicted molar refractivity (Wildman–Crippen MR) is 120 cm³/mol. The number of anilines is 1. The zero-order valence-corrected chi connectivity index (χ0v) is 17.7. The number of amides is 1. The van der Waals surface area contributed by atoms with Crippen LogP contribution >= 0.6 is 24.0 Å². The van der Waals surface area contributed by atoms with E-state index in [0.29, 0.717) is 24.7 Å². The van der Waals surface area contributed by atoms with Crippen molar-refractivity contribution in [2.75, 3.05) is 12.4 Å². The van der Waals surface area contributed by atoms with Crippen LogP contribution in [0.5, 0.6) is 0 Å². The summed E-state index contributed by atoms with van der Waals surface area (Å²) in [5.74, 6) is 0.698. The first-order chi connectivity index (χ1) is 13.2. The van der Waals surface area contributed by atoms with E-state index in [9.17, 15) is 4.79 Å². The van der Waals surface area contributed by atoms with Crippen molar-refractivity contribution in [3.63, 3.8) is 0 Å². The number of carbonyl (C=O) groups is 1. The van der Waals surface area contributed by atoms with Gasteiger partial charge >= 0.3 is 0 Å². The molecule has 0 atom stereocenters. The molecule has 3 rings (SSSR count). The van der Waals surface area contributed by atoms with E-state index in [2.05, 4.69) is 25.9 Å². The average Bonchev–Trinajstić information content (AvgIpc) is 3.25. The molecule has 0 aliphatic heterocycles. The highest BCUT2D eigenvalue weighted by molar-refractivity contribution is 14.0. The fraction of sp³-hybridized carbons (Fsp3) is 0.150. The van der Waals surface area contributed by atoms with Gasteiger partial charge in [0, 0.05) is 25.5 Å². The minimum atomic E-state index is -0.273. The van der Waals surface area contributed by atoms with Crippen LogP contribution in [-0.2, 0) is 13.1 Å². The number of rotatable bonds is 6. The summed E-state index contributed by atoms with van der Waals surface area (Å²) in [6, 6.07) is 16.7. The maximum absolute atomic E-state index is 12.0. The molecular formula is C20H22IN5O2. The normalized spacial score (nSPS) is 10.7. The van der Waals surface area contributed by atoms with Gasteiger partial charge in [0.05, 0.1) is 18.5 Å². The quantitative estimate of drug-likeness (QED) is 0.279. The number of benzene rings is 1. The Balaban J connectivity index is 0.00000280. The fourth-order valence-electron chi connectivity index (χ4n) is 2.39. The van der Waals surface area contributed by atoms with E-state index >= 15 is 0 Å². The Hall–Kier alpha value is -2.88. The lowest BCUT2D eigenvalue weighted by Crippen LogP contribution is -2.36. The fourth-order valence-corrected chi connectivity index (χ4v) is 2.39. The van der Waals surface area contributed by atoms with Gasteiger partial charge in [-0.2, -0.15) is 0 Å². The zero-order chi connectivity index (χ0) is 18.9. The third-order valence-corrected chi connectivity index (χ3v) is 3.80. The molecule has 0 bridgehead atoms. The van der Waals surface area contributed by atoms with E-state index in [-0.39, 0.29) is 35.6 Å². The lowest BCUT2D eigenvalue weighted by molar-refractivity contribution is 0.0996. The lowest BCUT2D eigenvalue weighted by Gasteiger charge is -2.12. The van der Waals surface area contributed by atoms with E-state index in [1.54, 1.807) is 25.4 Å². The standard InChI is InChI=1S/C20H21N5O2.HI/c1-21-20(24-14-17-5-2-3-11-22-17)23-13-15-7-9-16(10-8-15)25-19(26)18-6-4-12-27-18;/h2-12H,13-14H2,1H3,(H,25,26)(H2,21,23,24);1H. The lowest BCUT2D eigenvalue weighted by atomic mass is 10.2. The van der Waals surface area contributed by atoms with Crippen LogP contribution in [0.25, 0.3) is 0 Å². The van der Waals surface area contributed by atoms with Crippen molar-refractivity contribution in [1.82, 2.24) is 15.6 Å². The molecule has 0 radical (unpaired) electrons. The van der Waals surface area contributed by atoms with Crippen LogP contribution in [-0.4, -0.2) is 23.9 Å². The van der Waals surface area contributed by atoms with Crippen LogP contribution in [0.2, 0.25) is 0 Å². The maximum atomic E-state index is 12.0. The monoisotopic (exact) mass is 491 g/mol. The summed E-state index contributed by atoms with van der Waals surface area (Å²) in [5.41, 5.74) is 2.71. The van der Waals surface area contributed by atoms with Crippen molar-refractivity contribution < 1.29 is 9.21 Å². The van der Waals surface area contributed by atoms with E-state index in [4.69, 9.17) is 4.42 Å². The number of aromatic nitrogens is 1. The number of carbonyl (C=O) groups excluding carboxylic acids is 1. The Morgan fingerprint density at radius 3 is 2.46 bits per heavy atom. The molecule has 1 aromatic carbocycles. The summed E-state index contributed by atoms with van der Waals surface area (Å²) in [4.78, 5) is 20.4. The van der Waals surface area contributed by atoms with Gasteiger partial charge in [0.15, 0.2) is 11.7 Å². The van der Waals surface area contributed by atoms with Gasteiger partial charge in [-0.3, -0.25) is 14.8 Å². The number of aliphatic imine (C=N–C) groups is 1. The molecule has 0 aliphatic rings. The van der Waals surface area contributed by atoms with Gasteiger partial charge in [0.2, 0.25) is 0 Å². The molecule has 146 valence electrons. The molecule has 3 aromatic rings. The number of furan rings is 1. The van der Waals surface area contributed by atoms with Crippen LogP contribution in [0.15, 0.2) is 76.5 Å². The van der Waals surface area contributed by atoms with E-state index in [1.165, 1.54) is 6.26 Å². The first kappa shape index (κ1) is 21.4. The highest BCUT2D eigenvalue weighted by Crippen LogP contribution is 2.11. The molecule has 0 aliphatic carbocycles. The van der Waals surface area contributed by atoms with E-state index < -0.39 is 0 Å². The van der Waals surface area contributed by atoms with Crippen LogP contribution in [0, 0.1) is 0 Å². The van der Waals surface area contributed by atoms with E-state index in [0.717, 1.165) is 11.3 Å². The minimum Gasteiger partial charge on any atom is -0.459 e. The van der Waals surface area contributed by atoms with Gasteiger partial charge < -0.3 is 20.4 Å². The van der Waals surface area contributed by atoms with Crippen molar-refractivity contribution >= 4 is 41.5 Å². The molecule has 2 heterocycles. The molecular weight excluding hydrogens is 469 g/mol. The molecule has 0 saturated heterocycles. The smallest absolute Gasteiger partial charge is 0.291 e. The van der Waals surface area contributed by atoms with Gasteiger partial charge in [0.1, 0.15) is 0 Å². The molecule has 28 heavy (non-hydrogen) atoms. The summed E-state index contributed by atoms with van der Waals surface area (Å²) < 4.78 is 5.08. The minimum absolute atomic E-state index is 0. The molecule has 0 unspecified atom stereocenters. The third kappa shape index (κ3) is 6.38. The molecule has 0 saturated carbocycles. The van der Waals surface area contributed by atoms with Gasteiger partial charge in [-0.05, 0) is 42.0 Å². The highest BCUT2D eigenvalue weighted by atomic mass is 127. The molecule has 3 N–H and O–H groups in total. The molecule has 0 fully saturated rings. The summed E-state index contributed by atoms with van der Waals surface area (Å²) in [6.45, 7) is 1.20. The SMILES string of the molecule is CN=C(NCc1ccc(NC(=O)c2ccco2)cc1)NCc1ccccn1.I. The molecule has 8 heteroatoms. The number of hydrogen-bond acceptors (Lipinski definition) is 4. The van der Waals surface area contributed by atoms with Crippen molar-refractivity contribution in [1.29, 1.82) is 0 Å². The number of nitrogens with zero attached hydrogens (tertiary/aromatic N) is 2. The largest absolute Gasteiger partial charge is 0.459 e. The van der Waals surface area contributed by atoms with Crippen LogP contribution in [0.3, 0.4) is 0 Å². The van der Waals surface area contributed by atoms with Crippen molar-refractivity contribution in [3.8, 4) is 0 Å². The first-order valence-corrected chi connectivity index (χ1v) is 8.53. The zero-order valence-electron chi connectivity index (χ0n) is 15.4. The number of pyridine rings is 1. The van der Waals surface area contributed by atoms with E-state index in [1.807, 2.05) is 42.5 Å². The highest BCUT2D eigenvalue weighted by Gasteiger charge is 2.08. The van der Waals surface area contributed by atoms with Gasteiger partial charge in [-0.15, -0.1) is 24.0 Å². The summed E-state index contributed by atoms with van der Waals surface area (Å²) >= 11 is 0. The van der Waals surface area contributed by atoms with Crippen molar-refractivity contribution in [2.24, 2.45) is 4.99 Å². The van der Waals surface area contributed by atoms with Gasteiger partial charge in [0.25, 0.3) is 5.91 Å². The first-order valence-electron chi connectivity index (χ1n) is 8.53. The second-order valence-corrected chi connectivity index (χ2v) is 5.73. The predicted octanol–water partition coefficient (Wildman–Crippen LogP) is 3.41. The Morgan fingerprint density at radius 1 is 1.04 bits per heavy atom. The topological polar surface area (TPSA) is 91.5 Å². The second-order valence-electron chi connectivity index (χ2n) is 5.73. The Morgan fingerprint density at radius 2 is 1.82 bits per heavy atom.